The lowest BCUT2D eigenvalue weighted by atomic mass is 10.3. The van der Waals surface area contributed by atoms with E-state index in [0.717, 1.165) is 23.1 Å². The van der Waals surface area contributed by atoms with Crippen molar-refractivity contribution < 1.29 is 4.79 Å². The van der Waals surface area contributed by atoms with Crippen molar-refractivity contribution >= 4 is 23.5 Å². The minimum atomic E-state index is -0.0808. The van der Waals surface area contributed by atoms with Gasteiger partial charge in [0.15, 0.2) is 5.16 Å². The summed E-state index contributed by atoms with van der Waals surface area (Å²) in [5, 5.41) is 8.23. The van der Waals surface area contributed by atoms with Gasteiger partial charge in [-0.25, -0.2) is 9.67 Å². The minimum absolute atomic E-state index is 0.0808. The van der Waals surface area contributed by atoms with E-state index in [1.165, 1.54) is 11.8 Å². The Labute approximate surface area is 144 Å². The smallest absolute Gasteiger partial charge is 0.236 e. The first-order chi connectivity index (χ1) is 11.7. The standard InChI is InChI=1S/C17H19N5OS/c1-3-21-10-9-18-17(21)24-12-16(23)19-15-11-13(2)20-22(15)14-7-5-4-6-8-14/h4-11H,3,12H2,1-2H3,(H,19,23). The molecular formula is C17H19N5OS. The van der Waals surface area contributed by atoms with Gasteiger partial charge in [-0.1, -0.05) is 30.0 Å². The van der Waals surface area contributed by atoms with Crippen LogP contribution in [0.2, 0.25) is 0 Å². The molecule has 0 radical (unpaired) electrons. The predicted octanol–water partition coefficient (Wildman–Crippen LogP) is 3.13. The summed E-state index contributed by atoms with van der Waals surface area (Å²) in [6, 6.07) is 11.6. The molecular weight excluding hydrogens is 322 g/mol. The molecule has 0 fully saturated rings. The van der Waals surface area contributed by atoms with Crippen molar-refractivity contribution in [3.8, 4) is 5.69 Å². The SMILES string of the molecule is CCn1ccnc1SCC(=O)Nc1cc(C)nn1-c1ccccc1. The van der Waals surface area contributed by atoms with Gasteiger partial charge in [0.2, 0.25) is 5.91 Å². The third-order valence-electron chi connectivity index (χ3n) is 3.45. The quantitative estimate of drug-likeness (QED) is 0.700. The van der Waals surface area contributed by atoms with Gasteiger partial charge in [0.1, 0.15) is 5.82 Å². The highest BCUT2D eigenvalue weighted by molar-refractivity contribution is 7.99. The van der Waals surface area contributed by atoms with Crippen LogP contribution in [0, 0.1) is 6.92 Å². The molecule has 1 aromatic carbocycles. The summed E-state index contributed by atoms with van der Waals surface area (Å²) < 4.78 is 3.75. The first-order valence-corrected chi connectivity index (χ1v) is 8.72. The van der Waals surface area contributed by atoms with Crippen LogP contribution in [0.3, 0.4) is 0 Å². The van der Waals surface area contributed by atoms with Crippen molar-refractivity contribution in [3.05, 3.63) is 54.5 Å². The maximum atomic E-state index is 12.3. The Morgan fingerprint density at radius 2 is 2.08 bits per heavy atom. The largest absolute Gasteiger partial charge is 0.326 e. The Hall–Kier alpha value is -2.54. The number of imidazole rings is 1. The molecule has 0 unspecified atom stereocenters. The van der Waals surface area contributed by atoms with Crippen LogP contribution in [0.5, 0.6) is 0 Å². The van der Waals surface area contributed by atoms with Gasteiger partial charge in [-0.15, -0.1) is 0 Å². The normalized spacial score (nSPS) is 10.8. The highest BCUT2D eigenvalue weighted by Gasteiger charge is 2.12. The van der Waals surface area contributed by atoms with Crippen LogP contribution in [0.25, 0.3) is 5.69 Å². The maximum Gasteiger partial charge on any atom is 0.236 e. The zero-order valence-corrected chi connectivity index (χ0v) is 14.5. The van der Waals surface area contributed by atoms with Crippen LogP contribution in [0.4, 0.5) is 5.82 Å². The lowest BCUT2D eigenvalue weighted by Gasteiger charge is -2.09. The molecule has 0 aliphatic rings. The van der Waals surface area contributed by atoms with E-state index in [4.69, 9.17) is 0 Å². The van der Waals surface area contributed by atoms with Crippen molar-refractivity contribution in [2.75, 3.05) is 11.1 Å². The maximum absolute atomic E-state index is 12.3. The number of carbonyl (C=O) groups is 1. The number of aromatic nitrogens is 4. The summed E-state index contributed by atoms with van der Waals surface area (Å²) in [6.07, 6.45) is 3.66. The fourth-order valence-electron chi connectivity index (χ4n) is 2.34. The van der Waals surface area contributed by atoms with Crippen LogP contribution in [-0.2, 0) is 11.3 Å². The average Bonchev–Trinajstić information content (AvgIpc) is 3.19. The first-order valence-electron chi connectivity index (χ1n) is 7.73. The van der Waals surface area contributed by atoms with Crippen molar-refractivity contribution in [3.63, 3.8) is 0 Å². The van der Waals surface area contributed by atoms with Crippen molar-refractivity contribution in [2.24, 2.45) is 0 Å². The molecule has 0 saturated carbocycles. The molecule has 2 aromatic heterocycles. The van der Waals surface area contributed by atoms with E-state index < -0.39 is 0 Å². The molecule has 124 valence electrons. The Bertz CT molecular complexity index is 825. The Morgan fingerprint density at radius 1 is 1.29 bits per heavy atom. The van der Waals surface area contributed by atoms with E-state index in [1.54, 1.807) is 10.9 Å². The van der Waals surface area contributed by atoms with E-state index in [1.807, 2.05) is 61.0 Å². The molecule has 0 saturated heterocycles. The number of rotatable bonds is 6. The van der Waals surface area contributed by atoms with Gasteiger partial charge in [0, 0.05) is 25.0 Å². The molecule has 0 bridgehead atoms. The Balaban J connectivity index is 1.69. The summed E-state index contributed by atoms with van der Waals surface area (Å²) in [5.41, 5.74) is 1.76. The second-order valence-electron chi connectivity index (χ2n) is 5.25. The summed E-state index contributed by atoms with van der Waals surface area (Å²) >= 11 is 1.42. The van der Waals surface area contributed by atoms with Crippen molar-refractivity contribution in [1.29, 1.82) is 0 Å². The van der Waals surface area contributed by atoms with Gasteiger partial charge < -0.3 is 9.88 Å². The topological polar surface area (TPSA) is 64.7 Å². The van der Waals surface area contributed by atoms with Crippen LogP contribution in [0.15, 0.2) is 53.9 Å². The third-order valence-corrected chi connectivity index (χ3v) is 4.45. The number of hydrogen-bond acceptors (Lipinski definition) is 4. The van der Waals surface area contributed by atoms with E-state index >= 15 is 0 Å². The number of carbonyl (C=O) groups excluding carboxylic acids is 1. The lowest BCUT2D eigenvalue weighted by molar-refractivity contribution is -0.113. The van der Waals surface area contributed by atoms with Gasteiger partial charge in [0.05, 0.1) is 17.1 Å². The highest BCUT2D eigenvalue weighted by atomic mass is 32.2. The molecule has 1 N–H and O–H groups in total. The van der Waals surface area contributed by atoms with E-state index in [9.17, 15) is 4.79 Å². The minimum Gasteiger partial charge on any atom is -0.326 e. The molecule has 0 atom stereocenters. The Kier molecular flexibility index (Phi) is 5.00. The number of amides is 1. The number of benzene rings is 1. The van der Waals surface area contributed by atoms with Gasteiger partial charge >= 0.3 is 0 Å². The highest BCUT2D eigenvalue weighted by Crippen LogP contribution is 2.19. The fraction of sp³-hybridized carbons (Fsp3) is 0.235. The van der Waals surface area contributed by atoms with Crippen molar-refractivity contribution in [2.45, 2.75) is 25.5 Å². The average molecular weight is 341 g/mol. The Morgan fingerprint density at radius 3 is 2.83 bits per heavy atom. The van der Waals surface area contributed by atoms with Gasteiger partial charge in [-0.3, -0.25) is 4.79 Å². The van der Waals surface area contributed by atoms with Crippen molar-refractivity contribution in [1.82, 2.24) is 19.3 Å². The number of nitrogens with zero attached hydrogens (tertiary/aromatic N) is 4. The summed E-state index contributed by atoms with van der Waals surface area (Å²) in [7, 11) is 0. The number of para-hydroxylation sites is 1. The van der Waals surface area contributed by atoms with E-state index in [-0.39, 0.29) is 5.91 Å². The summed E-state index contributed by atoms with van der Waals surface area (Å²) in [6.45, 7) is 4.79. The second kappa shape index (κ2) is 7.35. The molecule has 7 heteroatoms. The fourth-order valence-corrected chi connectivity index (χ4v) is 3.16. The summed E-state index contributed by atoms with van der Waals surface area (Å²) in [5.74, 6) is 0.890. The number of anilines is 1. The zero-order chi connectivity index (χ0) is 16.9. The molecule has 0 spiro atoms. The van der Waals surface area contributed by atoms with Gasteiger partial charge in [0.25, 0.3) is 0 Å². The van der Waals surface area contributed by atoms with Gasteiger partial charge in [-0.05, 0) is 26.0 Å². The number of aryl methyl sites for hydroxylation is 2. The molecule has 0 aliphatic heterocycles. The van der Waals surface area contributed by atoms with Crippen LogP contribution < -0.4 is 5.32 Å². The number of thioether (sulfide) groups is 1. The number of nitrogens with one attached hydrogen (secondary N) is 1. The predicted molar refractivity (Wildman–Crippen MR) is 95.6 cm³/mol. The molecule has 6 nitrogen and oxygen atoms in total. The van der Waals surface area contributed by atoms with Gasteiger partial charge in [-0.2, -0.15) is 5.10 Å². The van der Waals surface area contributed by atoms with Crippen LogP contribution >= 0.6 is 11.8 Å². The first kappa shape index (κ1) is 16.3. The monoisotopic (exact) mass is 341 g/mol. The second-order valence-corrected chi connectivity index (χ2v) is 6.19. The summed E-state index contributed by atoms with van der Waals surface area (Å²) in [4.78, 5) is 16.6. The molecule has 0 aliphatic carbocycles. The zero-order valence-electron chi connectivity index (χ0n) is 13.6. The van der Waals surface area contributed by atoms with Crippen LogP contribution in [0.1, 0.15) is 12.6 Å². The molecule has 2 heterocycles. The lowest BCUT2D eigenvalue weighted by Crippen LogP contribution is -2.17. The molecule has 1 amide bonds. The molecule has 3 aromatic rings. The van der Waals surface area contributed by atoms with E-state index in [2.05, 4.69) is 15.4 Å². The third kappa shape index (κ3) is 3.68. The molecule has 3 rings (SSSR count). The van der Waals surface area contributed by atoms with E-state index in [0.29, 0.717) is 11.6 Å². The molecule has 24 heavy (non-hydrogen) atoms. The number of hydrogen-bond donors (Lipinski definition) is 1. The van der Waals surface area contributed by atoms with Crippen LogP contribution in [-0.4, -0.2) is 31.0 Å².